The van der Waals surface area contributed by atoms with Gasteiger partial charge in [0.15, 0.2) is 0 Å². The van der Waals surface area contributed by atoms with E-state index in [2.05, 4.69) is 10.3 Å². The summed E-state index contributed by atoms with van der Waals surface area (Å²) in [5.74, 6) is -0.314. The number of ether oxygens (including phenoxy) is 1. The van der Waals surface area contributed by atoms with Gasteiger partial charge >= 0.3 is 6.09 Å². The van der Waals surface area contributed by atoms with Crippen molar-refractivity contribution in [2.24, 2.45) is 0 Å². The maximum absolute atomic E-state index is 13.4. The fourth-order valence-electron chi connectivity index (χ4n) is 4.04. The Morgan fingerprint density at radius 1 is 1.32 bits per heavy atom. The molecule has 5 nitrogen and oxygen atoms in total. The van der Waals surface area contributed by atoms with Crippen LogP contribution in [0.25, 0.3) is 0 Å². The first kappa shape index (κ1) is 18.1. The van der Waals surface area contributed by atoms with Crippen molar-refractivity contribution in [1.82, 2.24) is 15.2 Å². The van der Waals surface area contributed by atoms with E-state index in [1.165, 1.54) is 12.3 Å². The third-order valence-electron chi connectivity index (χ3n) is 5.05. The Kier molecular flexibility index (Phi) is 5.00. The van der Waals surface area contributed by atoms with Gasteiger partial charge in [-0.3, -0.25) is 4.98 Å². The first-order valence-electron chi connectivity index (χ1n) is 9.11. The molecule has 0 aliphatic carbocycles. The Morgan fingerprint density at radius 3 is 2.52 bits per heavy atom. The number of rotatable bonds is 3. The fraction of sp³-hybridized carbons (Fsp3) is 0.684. The highest BCUT2D eigenvalue weighted by Gasteiger charge is 2.44. The molecule has 138 valence electrons. The lowest BCUT2D eigenvalue weighted by Gasteiger charge is -2.40. The van der Waals surface area contributed by atoms with Crippen LogP contribution in [0.5, 0.6) is 0 Å². The lowest BCUT2D eigenvalue weighted by Crippen LogP contribution is -2.52. The summed E-state index contributed by atoms with van der Waals surface area (Å²) in [7, 11) is 0. The minimum atomic E-state index is -0.468. The number of carbonyl (C=O) groups excluding carboxylic acids is 1. The maximum atomic E-state index is 13.4. The predicted octanol–water partition coefficient (Wildman–Crippen LogP) is 3.80. The molecule has 0 spiro atoms. The molecular weight excluding hydrogens is 321 g/mol. The van der Waals surface area contributed by atoms with Crippen LogP contribution < -0.4 is 5.32 Å². The van der Waals surface area contributed by atoms with Gasteiger partial charge in [0.1, 0.15) is 11.4 Å². The van der Waals surface area contributed by atoms with Gasteiger partial charge in [0.2, 0.25) is 0 Å². The molecule has 2 aliphatic heterocycles. The third-order valence-corrected chi connectivity index (χ3v) is 5.05. The molecule has 0 aromatic carbocycles. The van der Waals surface area contributed by atoms with Gasteiger partial charge in [-0.05, 0) is 65.0 Å². The molecule has 2 bridgehead atoms. The molecule has 1 unspecified atom stereocenters. The zero-order valence-electron chi connectivity index (χ0n) is 15.5. The SMILES string of the molecule is C[C@H](NC1C[C@H]2CC[C@@H](C1)N2C(=O)OC(C)(C)C)c1cncc(F)c1. The van der Waals surface area contributed by atoms with Crippen LogP contribution in [0, 0.1) is 5.82 Å². The number of aromatic nitrogens is 1. The summed E-state index contributed by atoms with van der Waals surface area (Å²) >= 11 is 0. The van der Waals surface area contributed by atoms with Crippen LogP contribution in [0.1, 0.15) is 65.0 Å². The van der Waals surface area contributed by atoms with Crippen molar-refractivity contribution < 1.29 is 13.9 Å². The van der Waals surface area contributed by atoms with E-state index >= 15 is 0 Å². The summed E-state index contributed by atoms with van der Waals surface area (Å²) in [6.45, 7) is 7.72. The number of hydrogen-bond acceptors (Lipinski definition) is 4. The first-order chi connectivity index (χ1) is 11.7. The van der Waals surface area contributed by atoms with Crippen LogP contribution in [0.15, 0.2) is 18.5 Å². The van der Waals surface area contributed by atoms with E-state index < -0.39 is 5.60 Å². The second-order valence-corrected chi connectivity index (χ2v) is 8.27. The Balaban J connectivity index is 1.61. The molecular formula is C19H28FN3O2. The van der Waals surface area contributed by atoms with Gasteiger partial charge in [0.05, 0.1) is 6.20 Å². The molecule has 25 heavy (non-hydrogen) atoms. The second kappa shape index (κ2) is 6.90. The fourth-order valence-corrected chi connectivity index (χ4v) is 4.04. The molecule has 2 aliphatic rings. The second-order valence-electron chi connectivity index (χ2n) is 8.27. The number of nitrogens with zero attached hydrogens (tertiary/aromatic N) is 2. The van der Waals surface area contributed by atoms with E-state index in [9.17, 15) is 9.18 Å². The van der Waals surface area contributed by atoms with Crippen molar-refractivity contribution >= 4 is 6.09 Å². The molecule has 2 fully saturated rings. The van der Waals surface area contributed by atoms with Crippen LogP contribution in [-0.4, -0.2) is 39.7 Å². The zero-order chi connectivity index (χ0) is 18.2. The monoisotopic (exact) mass is 349 g/mol. The van der Waals surface area contributed by atoms with Crippen molar-refractivity contribution in [2.75, 3.05) is 0 Å². The van der Waals surface area contributed by atoms with Gasteiger partial charge in [-0.15, -0.1) is 0 Å². The zero-order valence-corrected chi connectivity index (χ0v) is 15.5. The van der Waals surface area contributed by atoms with Crippen LogP contribution in [0.2, 0.25) is 0 Å². The molecule has 0 radical (unpaired) electrons. The van der Waals surface area contributed by atoms with Gasteiger partial charge in [-0.2, -0.15) is 0 Å². The summed E-state index contributed by atoms with van der Waals surface area (Å²) in [5.41, 5.74) is 0.381. The third kappa shape index (κ3) is 4.29. The van der Waals surface area contributed by atoms with E-state index in [-0.39, 0.29) is 30.0 Å². The van der Waals surface area contributed by atoms with Crippen molar-refractivity contribution in [2.45, 2.75) is 83.1 Å². The average Bonchev–Trinajstić information content (AvgIpc) is 2.77. The molecule has 3 rings (SSSR count). The highest BCUT2D eigenvalue weighted by molar-refractivity contribution is 5.69. The van der Waals surface area contributed by atoms with E-state index in [0.29, 0.717) is 6.04 Å². The summed E-state index contributed by atoms with van der Waals surface area (Å²) in [6, 6.07) is 2.32. The van der Waals surface area contributed by atoms with E-state index in [0.717, 1.165) is 31.2 Å². The van der Waals surface area contributed by atoms with Crippen molar-refractivity contribution in [3.05, 3.63) is 29.8 Å². The van der Waals surface area contributed by atoms with Crippen LogP contribution >= 0.6 is 0 Å². The van der Waals surface area contributed by atoms with E-state index in [4.69, 9.17) is 4.74 Å². The van der Waals surface area contributed by atoms with E-state index in [1.807, 2.05) is 32.6 Å². The van der Waals surface area contributed by atoms with Crippen LogP contribution in [0.3, 0.4) is 0 Å². The number of carbonyl (C=O) groups is 1. The molecule has 3 heterocycles. The number of pyridine rings is 1. The topological polar surface area (TPSA) is 54.5 Å². The number of amides is 1. The minimum absolute atomic E-state index is 0.0284. The largest absolute Gasteiger partial charge is 0.444 e. The molecule has 6 heteroatoms. The number of piperidine rings is 1. The van der Waals surface area contributed by atoms with E-state index in [1.54, 1.807) is 6.20 Å². The first-order valence-corrected chi connectivity index (χ1v) is 9.11. The smallest absolute Gasteiger partial charge is 0.410 e. The molecule has 1 amide bonds. The van der Waals surface area contributed by atoms with Gasteiger partial charge in [-0.25, -0.2) is 9.18 Å². The van der Waals surface area contributed by atoms with Gasteiger partial charge in [0.25, 0.3) is 0 Å². The maximum Gasteiger partial charge on any atom is 0.410 e. The van der Waals surface area contributed by atoms with Crippen molar-refractivity contribution in [3.63, 3.8) is 0 Å². The predicted molar refractivity (Wildman–Crippen MR) is 93.7 cm³/mol. The Labute approximate surface area is 148 Å². The normalized spacial score (nSPS) is 27.2. The Hall–Kier alpha value is -1.69. The van der Waals surface area contributed by atoms with Gasteiger partial charge < -0.3 is 15.0 Å². The van der Waals surface area contributed by atoms with Crippen molar-refractivity contribution in [1.29, 1.82) is 0 Å². The van der Waals surface area contributed by atoms with Gasteiger partial charge in [0, 0.05) is 30.4 Å². The molecule has 1 N–H and O–H groups in total. The highest BCUT2D eigenvalue weighted by Crippen LogP contribution is 2.37. The Morgan fingerprint density at radius 2 is 1.96 bits per heavy atom. The summed E-state index contributed by atoms with van der Waals surface area (Å²) < 4.78 is 18.9. The highest BCUT2D eigenvalue weighted by atomic mass is 19.1. The number of hydrogen-bond donors (Lipinski definition) is 1. The Bertz CT molecular complexity index is 617. The number of halogens is 1. The lowest BCUT2D eigenvalue weighted by atomic mass is 9.96. The summed E-state index contributed by atoms with van der Waals surface area (Å²) in [4.78, 5) is 18.4. The number of nitrogens with one attached hydrogen (secondary N) is 1. The quantitative estimate of drug-likeness (QED) is 0.902. The average molecular weight is 349 g/mol. The molecule has 1 aromatic heterocycles. The molecule has 1 aromatic rings. The standard InChI is InChI=1S/C19H28FN3O2/c1-12(13-7-14(20)11-21-10-13)22-15-8-16-5-6-17(9-15)23(16)18(24)25-19(2,3)4/h7,10-12,15-17,22H,5-6,8-9H2,1-4H3/t12-,15?,16-,17+/m0/s1. The summed E-state index contributed by atoms with van der Waals surface area (Å²) in [6.07, 6.45) is 6.59. The lowest BCUT2D eigenvalue weighted by molar-refractivity contribution is 0.00434. The minimum Gasteiger partial charge on any atom is -0.444 e. The summed E-state index contributed by atoms with van der Waals surface area (Å²) in [5, 5.41) is 3.59. The molecule has 2 saturated heterocycles. The number of fused-ring (bicyclic) bond motifs is 2. The molecule has 4 atom stereocenters. The van der Waals surface area contributed by atoms with Gasteiger partial charge in [-0.1, -0.05) is 0 Å². The molecule has 0 saturated carbocycles. The van der Waals surface area contributed by atoms with Crippen LogP contribution in [-0.2, 0) is 4.74 Å². The van der Waals surface area contributed by atoms with Crippen molar-refractivity contribution in [3.8, 4) is 0 Å². The van der Waals surface area contributed by atoms with Crippen LogP contribution in [0.4, 0.5) is 9.18 Å².